The van der Waals surface area contributed by atoms with Crippen LogP contribution in [-0.4, -0.2) is 9.55 Å². The molecule has 1 aliphatic heterocycles. The number of hydrogen-bond acceptors (Lipinski definition) is 6. The normalized spacial score (nSPS) is 12.7. The topological polar surface area (TPSA) is 59.8 Å². The summed E-state index contributed by atoms with van der Waals surface area (Å²) in [5.41, 5.74) is 8.75. The predicted octanol–water partition coefficient (Wildman–Crippen LogP) is 12.8. The first-order chi connectivity index (χ1) is 27.3. The summed E-state index contributed by atoms with van der Waals surface area (Å²) in [6, 6.07) is 58.6. The number of hydrogen-bond donors (Lipinski definition) is 0. The van der Waals surface area contributed by atoms with E-state index in [1.165, 1.54) is 0 Å². The maximum absolute atomic E-state index is 6.88. The minimum absolute atomic E-state index is 0. The van der Waals surface area contributed by atoms with Crippen LogP contribution in [0.4, 0.5) is 22.7 Å². The Hall–Kier alpha value is -6.82. The summed E-state index contributed by atoms with van der Waals surface area (Å²) in [4.78, 5) is 9.06. The van der Waals surface area contributed by atoms with Crippen molar-refractivity contribution in [3.63, 3.8) is 0 Å². The van der Waals surface area contributed by atoms with Gasteiger partial charge in [-0.1, -0.05) is 89.4 Å². The van der Waals surface area contributed by atoms with Crippen LogP contribution in [0.1, 0.15) is 0 Å². The maximum Gasteiger partial charge on any atom is 0.139 e. The number of para-hydroxylation sites is 5. The Morgan fingerprint density at radius 3 is 2.18 bits per heavy atom. The molecule has 12 rings (SSSR count). The van der Waals surface area contributed by atoms with Crippen LogP contribution >= 0.6 is 0 Å². The Morgan fingerprint density at radius 2 is 1.32 bits per heavy atom. The average Bonchev–Trinajstić information content (AvgIpc) is 4.00. The second-order valence-corrected chi connectivity index (χ2v) is 13.6. The van der Waals surface area contributed by atoms with Gasteiger partial charge in [0, 0.05) is 66.4 Å². The zero-order valence-corrected chi connectivity index (χ0v) is 31.7. The van der Waals surface area contributed by atoms with Crippen LogP contribution in [0.25, 0.3) is 71.5 Å². The SMILES string of the molecule is [Pt].[c-]1c(N2[CH-]N(c3ccccc3)c3ccccc32)cc2c(oc3c2ccc2oc4ccccc4c23)c1Oc1[c-]c2c(cc1)c1ccccc1n2-c1ccccn1. The third kappa shape index (κ3) is 4.84. The van der Waals surface area contributed by atoms with Gasteiger partial charge in [0.25, 0.3) is 0 Å². The van der Waals surface area contributed by atoms with Crippen molar-refractivity contribution in [3.8, 4) is 17.3 Å². The summed E-state index contributed by atoms with van der Waals surface area (Å²) in [5.74, 6) is 1.78. The maximum atomic E-state index is 6.88. The van der Waals surface area contributed by atoms with Crippen molar-refractivity contribution in [3.05, 3.63) is 177 Å². The van der Waals surface area contributed by atoms with Crippen LogP contribution in [0.3, 0.4) is 0 Å². The number of benzene rings is 7. The fourth-order valence-corrected chi connectivity index (χ4v) is 8.11. The van der Waals surface area contributed by atoms with Crippen LogP contribution in [-0.2, 0) is 21.1 Å². The molecule has 7 aromatic carbocycles. The molecule has 0 amide bonds. The van der Waals surface area contributed by atoms with E-state index in [0.717, 1.165) is 88.7 Å². The molecule has 1 aliphatic rings. The van der Waals surface area contributed by atoms with Crippen molar-refractivity contribution < 1.29 is 34.6 Å². The number of aromatic nitrogens is 2. The van der Waals surface area contributed by atoms with Crippen LogP contribution in [0, 0.1) is 18.8 Å². The van der Waals surface area contributed by atoms with E-state index in [1.54, 1.807) is 0 Å². The molecule has 0 aliphatic carbocycles. The van der Waals surface area contributed by atoms with Crippen LogP contribution in [0.5, 0.6) is 11.5 Å². The summed E-state index contributed by atoms with van der Waals surface area (Å²) in [7, 11) is 0. The Labute approximate surface area is 334 Å². The second-order valence-electron chi connectivity index (χ2n) is 13.6. The molecule has 0 saturated carbocycles. The van der Waals surface area contributed by atoms with Gasteiger partial charge in [-0.15, -0.1) is 36.3 Å². The fraction of sp³-hybridized carbons (Fsp3) is 0. The molecule has 4 aromatic heterocycles. The number of nitrogens with zero attached hydrogens (tertiary/aromatic N) is 4. The van der Waals surface area contributed by atoms with Gasteiger partial charge in [0.05, 0.1) is 16.7 Å². The third-order valence-corrected chi connectivity index (χ3v) is 10.5. The molecule has 56 heavy (non-hydrogen) atoms. The van der Waals surface area contributed by atoms with Gasteiger partial charge in [-0.3, -0.25) is 0 Å². The van der Waals surface area contributed by atoms with E-state index in [2.05, 4.69) is 124 Å². The zero-order chi connectivity index (χ0) is 36.0. The Balaban J connectivity index is 0.00000363. The van der Waals surface area contributed by atoms with Crippen molar-refractivity contribution in [1.82, 2.24) is 9.55 Å². The van der Waals surface area contributed by atoms with Crippen molar-refractivity contribution in [1.29, 1.82) is 0 Å². The van der Waals surface area contributed by atoms with E-state index in [-0.39, 0.29) is 21.1 Å². The molecule has 0 atom stereocenters. The Bertz CT molecular complexity index is 3300. The van der Waals surface area contributed by atoms with Crippen molar-refractivity contribution in [2.75, 3.05) is 9.80 Å². The van der Waals surface area contributed by atoms with E-state index in [4.69, 9.17) is 18.6 Å². The smallest absolute Gasteiger partial charge is 0.139 e. The average molecular weight is 903 g/mol. The molecule has 270 valence electrons. The number of anilines is 4. The first kappa shape index (κ1) is 32.6. The van der Waals surface area contributed by atoms with Gasteiger partial charge in [0.1, 0.15) is 22.6 Å². The zero-order valence-electron chi connectivity index (χ0n) is 29.4. The Morgan fingerprint density at radius 1 is 0.571 bits per heavy atom. The number of rotatable bonds is 5. The molecule has 0 bridgehead atoms. The molecule has 0 fully saturated rings. The molecule has 5 heterocycles. The van der Waals surface area contributed by atoms with Crippen LogP contribution in [0.2, 0.25) is 0 Å². The first-order valence-corrected chi connectivity index (χ1v) is 18.1. The molecular weight excluding hydrogens is 876 g/mol. The summed E-state index contributed by atoms with van der Waals surface area (Å²) in [6.07, 6.45) is 1.81. The largest absolute Gasteiger partial charge is 0.511 e. The van der Waals surface area contributed by atoms with Gasteiger partial charge in [0.15, 0.2) is 0 Å². The summed E-state index contributed by atoms with van der Waals surface area (Å²) < 4.78 is 22.1. The van der Waals surface area contributed by atoms with Crippen molar-refractivity contribution in [2.24, 2.45) is 0 Å². The molecule has 0 N–H and O–H groups in total. The Kier molecular flexibility index (Phi) is 7.35. The summed E-state index contributed by atoms with van der Waals surface area (Å²) in [5, 5.41) is 5.95. The van der Waals surface area contributed by atoms with Gasteiger partial charge in [-0.2, -0.15) is 6.07 Å². The predicted molar refractivity (Wildman–Crippen MR) is 219 cm³/mol. The van der Waals surface area contributed by atoms with Gasteiger partial charge in [0.2, 0.25) is 0 Å². The quantitative estimate of drug-likeness (QED) is 0.160. The monoisotopic (exact) mass is 902 g/mol. The van der Waals surface area contributed by atoms with E-state index in [0.29, 0.717) is 17.1 Å². The van der Waals surface area contributed by atoms with E-state index >= 15 is 0 Å². The van der Waals surface area contributed by atoms with E-state index in [9.17, 15) is 0 Å². The minimum atomic E-state index is 0. The second kappa shape index (κ2) is 12.6. The number of pyridine rings is 1. The van der Waals surface area contributed by atoms with Crippen molar-refractivity contribution in [2.45, 2.75) is 0 Å². The van der Waals surface area contributed by atoms with Gasteiger partial charge in [-0.05, 0) is 66.0 Å². The first-order valence-electron chi connectivity index (χ1n) is 18.1. The van der Waals surface area contributed by atoms with Gasteiger partial charge < -0.3 is 27.9 Å². The standard InChI is InChI=1S/C48H27N4O3.Pt/c1-2-12-30(13-3-1)50-29-51(40-18-8-7-17-39(40)50)31-26-37-35-23-24-43-46(36-15-5-9-19-42(36)54-43)48(35)55-47(37)44(27-31)53-32-21-22-34-33-14-4-6-16-38(33)52(41(34)28-32)45-20-10-11-25-49-45;/h1-26,29H;/q-3;. The minimum Gasteiger partial charge on any atom is -0.511 e. The molecule has 0 unspecified atom stereocenters. The summed E-state index contributed by atoms with van der Waals surface area (Å²) in [6.45, 7) is 2.11. The number of ether oxygens (including phenoxy) is 1. The van der Waals surface area contributed by atoms with E-state index < -0.39 is 0 Å². The number of furan rings is 2. The molecule has 0 saturated heterocycles. The van der Waals surface area contributed by atoms with Gasteiger partial charge >= 0.3 is 0 Å². The molecule has 0 radical (unpaired) electrons. The fourth-order valence-electron chi connectivity index (χ4n) is 8.11. The third-order valence-electron chi connectivity index (χ3n) is 10.5. The molecule has 8 heteroatoms. The van der Waals surface area contributed by atoms with Crippen LogP contribution in [0.15, 0.2) is 167 Å². The van der Waals surface area contributed by atoms with Gasteiger partial charge in [-0.25, -0.2) is 4.98 Å². The number of fused-ring (bicyclic) bond motifs is 11. The van der Waals surface area contributed by atoms with Crippen molar-refractivity contribution >= 4 is 88.4 Å². The molecular formula is C48H27N4O3Pt-3. The molecule has 11 aromatic rings. The van der Waals surface area contributed by atoms with Crippen LogP contribution < -0.4 is 14.5 Å². The molecule has 7 nitrogen and oxygen atoms in total. The summed E-state index contributed by atoms with van der Waals surface area (Å²) >= 11 is 0. The molecule has 0 spiro atoms. The van der Waals surface area contributed by atoms with E-state index in [1.807, 2.05) is 66.9 Å².